The van der Waals surface area contributed by atoms with Crippen LogP contribution in [0, 0.1) is 11.6 Å². The summed E-state index contributed by atoms with van der Waals surface area (Å²) in [6.07, 6.45) is 8.56. The highest BCUT2D eigenvalue weighted by atomic mass is 32.1. The molecule has 0 unspecified atom stereocenters. The fourth-order valence-electron chi connectivity index (χ4n) is 4.57. The van der Waals surface area contributed by atoms with Crippen molar-refractivity contribution in [3.05, 3.63) is 71.4 Å². The van der Waals surface area contributed by atoms with E-state index in [-0.39, 0.29) is 12.5 Å². The third kappa shape index (κ3) is 7.77. The molecule has 0 saturated heterocycles. The quantitative estimate of drug-likeness (QED) is 0.222. The molecule has 2 amide bonds. The fraction of sp³-hybridized carbons (Fsp3) is 0.379. The number of nitrogens with zero attached hydrogens (tertiary/aromatic N) is 1. The van der Waals surface area contributed by atoms with Crippen molar-refractivity contribution in [1.82, 2.24) is 10.3 Å². The van der Waals surface area contributed by atoms with E-state index in [4.69, 9.17) is 4.74 Å². The van der Waals surface area contributed by atoms with Crippen LogP contribution in [0.25, 0.3) is 10.4 Å². The number of ether oxygens (including phenoxy) is 1. The van der Waals surface area contributed by atoms with Gasteiger partial charge in [0, 0.05) is 17.8 Å². The number of nitrogens with one attached hydrogen (secondary N) is 2. The van der Waals surface area contributed by atoms with Gasteiger partial charge in [0.15, 0.2) is 5.13 Å². The van der Waals surface area contributed by atoms with Crippen molar-refractivity contribution in [2.45, 2.75) is 70.6 Å². The van der Waals surface area contributed by atoms with Gasteiger partial charge >= 0.3 is 0 Å². The molecule has 3 aromatic rings. The zero-order valence-corrected chi connectivity index (χ0v) is 22.5. The van der Waals surface area contributed by atoms with Gasteiger partial charge in [-0.1, -0.05) is 68.2 Å². The number of benzene rings is 2. The van der Waals surface area contributed by atoms with Crippen LogP contribution in [0.5, 0.6) is 0 Å². The molecule has 1 heterocycles. The molecule has 206 valence electrons. The van der Waals surface area contributed by atoms with E-state index in [1.54, 1.807) is 6.20 Å². The third-order valence-corrected chi connectivity index (χ3v) is 7.52. The van der Waals surface area contributed by atoms with Gasteiger partial charge in [0.1, 0.15) is 17.7 Å². The van der Waals surface area contributed by atoms with Crippen molar-refractivity contribution in [2.24, 2.45) is 0 Å². The number of halogens is 2. The highest BCUT2D eigenvalue weighted by Crippen LogP contribution is 2.32. The van der Waals surface area contributed by atoms with Crippen LogP contribution >= 0.6 is 11.3 Å². The molecule has 1 aliphatic carbocycles. The van der Waals surface area contributed by atoms with E-state index in [9.17, 15) is 23.2 Å². The first kappa shape index (κ1) is 28.5. The number of carbonyl (C=O) groups is 3. The van der Waals surface area contributed by atoms with E-state index < -0.39 is 40.8 Å². The molecule has 2 aromatic carbocycles. The summed E-state index contributed by atoms with van der Waals surface area (Å²) in [6.45, 7) is 2.32. The van der Waals surface area contributed by atoms with E-state index in [1.165, 1.54) is 30.6 Å². The molecule has 0 radical (unpaired) electrons. The van der Waals surface area contributed by atoms with Crippen LogP contribution in [-0.2, 0) is 20.9 Å². The maximum Gasteiger partial charge on any atom is 0.293 e. The largest absolute Gasteiger partial charge is 0.374 e. The van der Waals surface area contributed by atoms with E-state index in [1.807, 2.05) is 31.2 Å². The molecule has 0 aliphatic heterocycles. The van der Waals surface area contributed by atoms with Crippen LogP contribution in [0.2, 0.25) is 0 Å². The summed E-state index contributed by atoms with van der Waals surface area (Å²) in [5.41, 5.74) is 1.57. The van der Waals surface area contributed by atoms with Crippen LogP contribution in [0.3, 0.4) is 0 Å². The van der Waals surface area contributed by atoms with Crippen LogP contribution in [0.4, 0.5) is 13.9 Å². The van der Waals surface area contributed by atoms with E-state index in [2.05, 4.69) is 15.6 Å². The lowest BCUT2D eigenvalue weighted by Crippen LogP contribution is -2.46. The Morgan fingerprint density at radius 2 is 1.79 bits per heavy atom. The summed E-state index contributed by atoms with van der Waals surface area (Å²) in [6, 6.07) is 9.02. The minimum atomic E-state index is -1.13. The Hall–Kier alpha value is -3.50. The average Bonchev–Trinajstić information content (AvgIpc) is 3.39. The van der Waals surface area contributed by atoms with E-state index in [0.29, 0.717) is 24.2 Å². The number of anilines is 1. The highest BCUT2D eigenvalue weighted by Gasteiger charge is 2.26. The van der Waals surface area contributed by atoms with Gasteiger partial charge in [-0.25, -0.2) is 13.8 Å². The summed E-state index contributed by atoms with van der Waals surface area (Å²) >= 11 is 1.29. The molecule has 0 bridgehead atoms. The Bertz CT molecular complexity index is 1300. The molecular weight excluding hydrogens is 524 g/mol. The van der Waals surface area contributed by atoms with Gasteiger partial charge in [-0.3, -0.25) is 14.4 Å². The van der Waals surface area contributed by atoms with E-state index >= 15 is 0 Å². The van der Waals surface area contributed by atoms with Crippen molar-refractivity contribution in [3.8, 4) is 10.4 Å². The monoisotopic (exact) mass is 555 g/mol. The second-order valence-corrected chi connectivity index (χ2v) is 10.6. The molecule has 1 aliphatic rings. The minimum absolute atomic E-state index is 0.252. The number of rotatable bonds is 11. The fourth-order valence-corrected chi connectivity index (χ4v) is 5.45. The molecule has 7 nitrogen and oxygen atoms in total. The Morgan fingerprint density at radius 1 is 1.08 bits per heavy atom. The molecule has 10 heteroatoms. The van der Waals surface area contributed by atoms with Crippen LogP contribution in [-0.4, -0.2) is 34.7 Å². The first-order valence-electron chi connectivity index (χ1n) is 13.1. The predicted octanol–water partition coefficient (Wildman–Crippen LogP) is 6.04. The Morgan fingerprint density at radius 3 is 2.51 bits per heavy atom. The number of hydrogen-bond donors (Lipinski definition) is 2. The van der Waals surface area contributed by atoms with Gasteiger partial charge in [-0.05, 0) is 42.5 Å². The third-order valence-electron chi connectivity index (χ3n) is 6.58. The predicted molar refractivity (Wildman–Crippen MR) is 145 cm³/mol. The van der Waals surface area contributed by atoms with Gasteiger partial charge in [0.2, 0.25) is 11.7 Å². The Kier molecular flexibility index (Phi) is 9.89. The second-order valence-electron chi connectivity index (χ2n) is 9.55. The summed E-state index contributed by atoms with van der Waals surface area (Å²) in [5, 5.41) is 5.44. The zero-order valence-electron chi connectivity index (χ0n) is 21.7. The zero-order chi connectivity index (χ0) is 27.8. The van der Waals surface area contributed by atoms with Crippen molar-refractivity contribution < 1.29 is 27.9 Å². The van der Waals surface area contributed by atoms with Crippen molar-refractivity contribution in [2.75, 3.05) is 5.32 Å². The standard InChI is InChI=1S/C29H31F2N3O4S/c1-2-8-24(33-28(37)26(35)19-13-20(30)15-21(31)14-19)27(36)34-29-32-16-25(39-29)23-12-7-6-9-18(23)17-38-22-10-4-3-5-11-22/h6-7,9,12-16,22,24H,2-5,8,10-11,17H2,1H3,(H,33,37)(H,32,34,36)/t24-/m0/s1. The molecular formula is C29H31F2N3O4S. The number of hydrogen-bond acceptors (Lipinski definition) is 6. The maximum atomic E-state index is 13.5. The average molecular weight is 556 g/mol. The van der Waals surface area contributed by atoms with Crippen molar-refractivity contribution in [3.63, 3.8) is 0 Å². The van der Waals surface area contributed by atoms with Gasteiger partial charge in [-0.15, -0.1) is 0 Å². The summed E-state index contributed by atoms with van der Waals surface area (Å²) in [7, 11) is 0. The van der Waals surface area contributed by atoms with Crippen molar-refractivity contribution >= 4 is 34.1 Å². The number of aromatic nitrogens is 1. The summed E-state index contributed by atoms with van der Waals surface area (Å²) < 4.78 is 33.1. The first-order chi connectivity index (χ1) is 18.8. The Balaban J connectivity index is 1.40. The van der Waals surface area contributed by atoms with Gasteiger partial charge in [-0.2, -0.15) is 0 Å². The Labute approximate surface area is 230 Å². The number of carbonyl (C=O) groups excluding carboxylic acids is 3. The summed E-state index contributed by atoms with van der Waals surface area (Å²) in [4.78, 5) is 43.1. The van der Waals surface area contributed by atoms with Crippen LogP contribution in [0.1, 0.15) is 67.8 Å². The SMILES string of the molecule is CCC[C@H](NC(=O)C(=O)c1cc(F)cc(F)c1)C(=O)Nc1ncc(-c2ccccc2COC2CCCCC2)s1. The second kappa shape index (κ2) is 13.5. The number of Topliss-reactive ketones (excluding diaryl/α,β-unsaturated/α-hetero) is 1. The molecule has 1 saturated carbocycles. The molecule has 39 heavy (non-hydrogen) atoms. The highest BCUT2D eigenvalue weighted by molar-refractivity contribution is 7.19. The smallest absolute Gasteiger partial charge is 0.293 e. The molecule has 1 fully saturated rings. The molecule has 2 N–H and O–H groups in total. The van der Waals surface area contributed by atoms with Gasteiger partial charge < -0.3 is 15.4 Å². The number of thiazole rings is 1. The molecule has 1 atom stereocenters. The van der Waals surface area contributed by atoms with E-state index in [0.717, 1.165) is 41.0 Å². The number of ketones is 1. The minimum Gasteiger partial charge on any atom is -0.374 e. The van der Waals surface area contributed by atoms with Crippen LogP contribution in [0.15, 0.2) is 48.7 Å². The summed E-state index contributed by atoms with van der Waals surface area (Å²) in [5.74, 6) is -4.75. The lowest BCUT2D eigenvalue weighted by molar-refractivity contribution is -0.124. The topological polar surface area (TPSA) is 97.4 Å². The molecule has 1 aromatic heterocycles. The maximum absolute atomic E-state index is 13.5. The molecule has 4 rings (SSSR count). The van der Waals surface area contributed by atoms with Gasteiger partial charge in [0.25, 0.3) is 5.91 Å². The lowest BCUT2D eigenvalue weighted by Gasteiger charge is -2.22. The van der Waals surface area contributed by atoms with Crippen molar-refractivity contribution in [1.29, 1.82) is 0 Å². The molecule has 0 spiro atoms. The first-order valence-corrected chi connectivity index (χ1v) is 13.9. The lowest BCUT2D eigenvalue weighted by atomic mass is 9.97. The van der Waals surface area contributed by atoms with Gasteiger partial charge in [0.05, 0.1) is 17.6 Å². The normalized spacial score (nSPS) is 14.5. The number of amides is 2. The van der Waals surface area contributed by atoms with Crippen LogP contribution < -0.4 is 10.6 Å².